The van der Waals surface area contributed by atoms with Gasteiger partial charge in [0.1, 0.15) is 0 Å². The van der Waals surface area contributed by atoms with Crippen LogP contribution in [-0.4, -0.2) is 63.2 Å². The van der Waals surface area contributed by atoms with E-state index in [-0.39, 0.29) is 5.97 Å². The first-order valence-corrected chi connectivity index (χ1v) is 8.56. The van der Waals surface area contributed by atoms with Gasteiger partial charge in [-0.15, -0.1) is 0 Å². The highest BCUT2D eigenvalue weighted by Gasteiger charge is 2.35. The fourth-order valence-corrected chi connectivity index (χ4v) is 2.46. The van der Waals surface area contributed by atoms with Crippen molar-refractivity contribution in [3.63, 3.8) is 0 Å². The number of anilines is 1. The van der Waals surface area contributed by atoms with E-state index >= 15 is 0 Å². The molecule has 7 heteroatoms. The Labute approximate surface area is 150 Å². The summed E-state index contributed by atoms with van der Waals surface area (Å²) < 4.78 is 16.2. The van der Waals surface area contributed by atoms with Crippen molar-refractivity contribution in [1.82, 2.24) is 0 Å². The molecule has 6 nitrogen and oxygen atoms in total. The predicted molar refractivity (Wildman–Crippen MR) is 99.1 cm³/mol. The number of ether oxygens (including phenoxy) is 2. The van der Waals surface area contributed by atoms with Crippen LogP contribution in [0, 0.1) is 0 Å². The summed E-state index contributed by atoms with van der Waals surface area (Å²) in [5, 5.41) is 10.2. The summed E-state index contributed by atoms with van der Waals surface area (Å²) in [5.74, 6) is -0.356. The topological polar surface area (TPSA) is 68.2 Å². The van der Waals surface area contributed by atoms with Crippen LogP contribution in [0.2, 0.25) is 0 Å². The number of rotatable bonds is 6. The molecule has 25 heavy (non-hydrogen) atoms. The largest absolute Gasteiger partial charge is 0.465 e. The molecule has 1 aliphatic rings. The maximum Gasteiger partial charge on any atom is 0.339 e. The predicted octanol–water partition coefficient (Wildman–Crippen LogP) is 0.853. The van der Waals surface area contributed by atoms with E-state index < -0.39 is 11.2 Å². The van der Waals surface area contributed by atoms with Gasteiger partial charge >= 0.3 is 13.5 Å². The number of hydrogen-bond acceptors (Lipinski definition) is 6. The van der Waals surface area contributed by atoms with Crippen LogP contribution in [0.4, 0.5) is 5.69 Å². The highest BCUT2D eigenvalue weighted by Crippen LogP contribution is 2.25. The third-order valence-corrected chi connectivity index (χ3v) is 4.89. The van der Waals surface area contributed by atoms with Gasteiger partial charge in [-0.2, -0.15) is 0 Å². The monoisotopic (exact) mass is 349 g/mol. The van der Waals surface area contributed by atoms with Crippen LogP contribution in [0.1, 0.15) is 38.1 Å². The Kier molecular flexibility index (Phi) is 6.14. The number of carbonyl (C=O) groups is 1. The molecule has 1 aromatic rings. The van der Waals surface area contributed by atoms with Gasteiger partial charge in [0.15, 0.2) is 0 Å². The van der Waals surface area contributed by atoms with E-state index in [0.29, 0.717) is 26.3 Å². The Bertz CT molecular complexity index is 606. The van der Waals surface area contributed by atoms with Crippen molar-refractivity contribution in [3.05, 3.63) is 23.8 Å². The molecule has 1 N–H and O–H groups in total. The van der Waals surface area contributed by atoms with Crippen molar-refractivity contribution >= 4 is 24.6 Å². The molecule has 1 fully saturated rings. The van der Waals surface area contributed by atoms with Crippen LogP contribution in [0.3, 0.4) is 0 Å². The van der Waals surface area contributed by atoms with E-state index in [1.54, 1.807) is 19.9 Å². The molecule has 138 valence electrons. The van der Waals surface area contributed by atoms with Gasteiger partial charge < -0.3 is 24.1 Å². The summed E-state index contributed by atoms with van der Waals surface area (Å²) in [4.78, 5) is 14.2. The van der Waals surface area contributed by atoms with Gasteiger partial charge in [0, 0.05) is 13.1 Å². The van der Waals surface area contributed by atoms with Crippen LogP contribution in [0.5, 0.6) is 0 Å². The second kappa shape index (κ2) is 7.76. The van der Waals surface area contributed by atoms with Gasteiger partial charge in [-0.3, -0.25) is 0 Å². The molecule has 0 saturated carbocycles. The van der Waals surface area contributed by atoms with Crippen molar-refractivity contribution in [2.24, 2.45) is 0 Å². The molecule has 0 radical (unpaired) electrons. The van der Waals surface area contributed by atoms with Crippen LogP contribution in [0.15, 0.2) is 18.2 Å². The molecule has 0 atom stereocenters. The summed E-state index contributed by atoms with van der Waals surface area (Å²) >= 11 is 0. The molecule has 0 unspecified atom stereocenters. The van der Waals surface area contributed by atoms with Gasteiger partial charge in [-0.25, -0.2) is 4.79 Å². The second-order valence-electron chi connectivity index (χ2n) is 7.30. The van der Waals surface area contributed by atoms with E-state index in [2.05, 4.69) is 4.90 Å². The van der Waals surface area contributed by atoms with Crippen LogP contribution in [0.25, 0.3) is 0 Å². The quantitative estimate of drug-likeness (QED) is 0.607. The maximum atomic E-state index is 12.1. The van der Waals surface area contributed by atoms with Gasteiger partial charge in [-0.05, 0) is 39.8 Å². The van der Waals surface area contributed by atoms with Crippen LogP contribution in [-0.2, 0) is 14.1 Å². The Hall–Kier alpha value is -1.57. The lowest BCUT2D eigenvalue weighted by Crippen LogP contribution is -2.49. The van der Waals surface area contributed by atoms with Crippen molar-refractivity contribution in [2.45, 2.75) is 38.9 Å². The van der Waals surface area contributed by atoms with E-state index in [9.17, 15) is 9.90 Å². The zero-order valence-corrected chi connectivity index (χ0v) is 15.8. The number of aliphatic hydroxyl groups is 1. The molecule has 1 aliphatic heterocycles. The first-order valence-electron chi connectivity index (χ1n) is 8.56. The number of morpholine rings is 1. The number of hydrogen-bond donors (Lipinski definition) is 1. The highest BCUT2D eigenvalue weighted by molar-refractivity contribution is 6.47. The number of methoxy groups -OCH3 is 1. The second-order valence-corrected chi connectivity index (χ2v) is 7.30. The van der Waals surface area contributed by atoms with E-state index in [1.807, 2.05) is 26.0 Å². The van der Waals surface area contributed by atoms with Gasteiger partial charge in [-0.1, -0.05) is 11.5 Å². The Morgan fingerprint density at radius 1 is 1.24 bits per heavy atom. The average Bonchev–Trinajstić information content (AvgIpc) is 2.59. The molecule has 0 aliphatic carbocycles. The fourth-order valence-electron chi connectivity index (χ4n) is 2.46. The lowest BCUT2D eigenvalue weighted by atomic mass is 9.82. The smallest absolute Gasteiger partial charge is 0.339 e. The summed E-state index contributed by atoms with van der Waals surface area (Å²) in [7, 11) is 1.73. The van der Waals surface area contributed by atoms with Gasteiger partial charge in [0.2, 0.25) is 0 Å². The third kappa shape index (κ3) is 4.74. The van der Waals surface area contributed by atoms with Gasteiger partial charge in [0.05, 0.1) is 42.8 Å². The number of nitrogens with zero attached hydrogens (tertiary/aromatic N) is 1. The highest BCUT2D eigenvalue weighted by atomic mass is 16.5. The van der Waals surface area contributed by atoms with E-state index in [4.69, 9.17) is 14.1 Å². The van der Waals surface area contributed by atoms with E-state index in [1.165, 1.54) is 7.11 Å². The maximum absolute atomic E-state index is 12.1. The van der Waals surface area contributed by atoms with Crippen molar-refractivity contribution in [1.29, 1.82) is 0 Å². The molecule has 0 spiro atoms. The molecule has 0 amide bonds. The normalized spacial score (nSPS) is 15.8. The lowest BCUT2D eigenvalue weighted by Gasteiger charge is -2.37. The number of carbonyl (C=O) groups excluding carboxylic acids is 1. The van der Waals surface area contributed by atoms with Crippen molar-refractivity contribution < 1.29 is 24.0 Å². The molecule has 2 rings (SSSR count). The van der Waals surface area contributed by atoms with E-state index in [0.717, 1.165) is 24.2 Å². The molecule has 1 aromatic carbocycles. The number of benzene rings is 1. The average molecular weight is 349 g/mol. The summed E-state index contributed by atoms with van der Waals surface area (Å²) in [5.41, 5.74) is 0.637. The Balaban J connectivity index is 2.24. The van der Waals surface area contributed by atoms with Crippen LogP contribution < -0.4 is 10.4 Å². The standard InChI is InChI=1S/C18H28BNO5/c1-17(2,22)18(3,4)25-19-13-6-7-14(16(21)23-5)15(12-13)20-8-10-24-11-9-20/h6-7,12,19,22H,8-11H2,1-5H3. The fraction of sp³-hybridized carbons (Fsp3) is 0.611. The minimum absolute atomic E-state index is 0.343. The van der Waals surface area contributed by atoms with Crippen molar-refractivity contribution in [3.8, 4) is 0 Å². The minimum Gasteiger partial charge on any atom is -0.465 e. The summed E-state index contributed by atoms with van der Waals surface area (Å²) in [6.07, 6.45) is 0. The minimum atomic E-state index is -0.966. The van der Waals surface area contributed by atoms with Crippen LogP contribution >= 0.6 is 0 Å². The SMILES string of the molecule is COC(=O)c1ccc(BOC(C)(C)C(C)(C)O)cc1N1CCOCC1. The zero-order chi connectivity index (χ0) is 18.7. The first-order chi connectivity index (χ1) is 11.7. The summed E-state index contributed by atoms with van der Waals surface area (Å²) in [6.45, 7) is 9.89. The Morgan fingerprint density at radius 3 is 2.44 bits per heavy atom. The molecule has 0 aromatic heterocycles. The molecule has 1 heterocycles. The summed E-state index contributed by atoms with van der Waals surface area (Å²) in [6, 6.07) is 5.58. The third-order valence-electron chi connectivity index (χ3n) is 4.89. The lowest BCUT2D eigenvalue weighted by molar-refractivity contribution is -0.0893. The molecular formula is C18H28BNO5. The zero-order valence-electron chi connectivity index (χ0n) is 15.8. The Morgan fingerprint density at radius 2 is 1.88 bits per heavy atom. The van der Waals surface area contributed by atoms with Crippen molar-refractivity contribution in [2.75, 3.05) is 38.3 Å². The van der Waals surface area contributed by atoms with Gasteiger partial charge in [0.25, 0.3) is 0 Å². The molecule has 0 bridgehead atoms. The number of esters is 1. The molecule has 1 saturated heterocycles. The first kappa shape index (κ1) is 19.8. The molecular weight excluding hydrogens is 321 g/mol.